The fraction of sp³-hybridized carbons (Fsp3) is 0.229. The van der Waals surface area contributed by atoms with Gasteiger partial charge >= 0.3 is 11.9 Å². The van der Waals surface area contributed by atoms with Crippen LogP contribution in [-0.2, 0) is 27.1 Å². The van der Waals surface area contributed by atoms with Crippen molar-refractivity contribution < 1.29 is 23.9 Å². The third-order valence-corrected chi connectivity index (χ3v) is 8.74. The van der Waals surface area contributed by atoms with E-state index in [1.165, 1.54) is 11.3 Å². The first-order chi connectivity index (χ1) is 21.4. The lowest BCUT2D eigenvalue weighted by Gasteiger charge is -2.18. The van der Waals surface area contributed by atoms with Crippen LogP contribution in [0, 0.1) is 5.92 Å². The maximum absolute atomic E-state index is 13.0. The molecule has 44 heavy (non-hydrogen) atoms. The number of thiophene rings is 1. The van der Waals surface area contributed by atoms with Crippen molar-refractivity contribution in [2.24, 2.45) is 5.92 Å². The number of carbonyl (C=O) groups excluding carboxylic acids is 3. The first-order valence-corrected chi connectivity index (χ1v) is 15.4. The highest BCUT2D eigenvalue weighted by Gasteiger charge is 2.29. The Labute approximate surface area is 259 Å². The van der Waals surface area contributed by atoms with Crippen LogP contribution in [0.4, 0.5) is 5.00 Å². The second kappa shape index (κ2) is 12.8. The Morgan fingerprint density at radius 1 is 0.864 bits per heavy atom. The van der Waals surface area contributed by atoms with Gasteiger partial charge in [-0.2, -0.15) is 0 Å². The molecule has 1 atom stereocenters. The molecule has 0 aliphatic heterocycles. The van der Waals surface area contributed by atoms with Crippen LogP contribution in [0.5, 0.6) is 0 Å². The molecule has 2 aromatic heterocycles. The van der Waals surface area contributed by atoms with E-state index in [0.717, 1.165) is 46.5 Å². The Hall–Kier alpha value is -4.89. The van der Waals surface area contributed by atoms with Gasteiger partial charge in [0.2, 0.25) is 0 Å². The number of amides is 1. The van der Waals surface area contributed by atoms with Crippen LogP contribution < -0.4 is 5.32 Å². The minimum Gasteiger partial charge on any atom is -0.462 e. The van der Waals surface area contributed by atoms with E-state index in [2.05, 4.69) is 12.2 Å². The summed E-state index contributed by atoms with van der Waals surface area (Å²) in [7, 11) is 0. The highest BCUT2D eigenvalue weighted by Crippen LogP contribution is 2.40. The molecule has 1 unspecified atom stereocenters. The van der Waals surface area contributed by atoms with E-state index in [9.17, 15) is 14.4 Å². The average Bonchev–Trinajstić information content (AvgIpc) is 3.40. The number of anilines is 1. The summed E-state index contributed by atoms with van der Waals surface area (Å²) in [5, 5.41) is 3.22. The van der Waals surface area contributed by atoms with Gasteiger partial charge in [-0.25, -0.2) is 19.6 Å². The van der Waals surface area contributed by atoms with Crippen molar-refractivity contribution in [1.82, 2.24) is 9.97 Å². The number of carbonyl (C=O) groups is 3. The number of ether oxygens (including phenoxy) is 2. The fourth-order valence-electron chi connectivity index (χ4n) is 5.41. The van der Waals surface area contributed by atoms with Gasteiger partial charge in [0.25, 0.3) is 5.91 Å². The lowest BCUT2D eigenvalue weighted by molar-refractivity contribution is -0.119. The second-order valence-corrected chi connectivity index (χ2v) is 11.9. The van der Waals surface area contributed by atoms with Gasteiger partial charge in [-0.3, -0.25) is 4.79 Å². The second-order valence-electron chi connectivity index (χ2n) is 10.8. The van der Waals surface area contributed by atoms with Crippen molar-refractivity contribution in [1.29, 1.82) is 0 Å². The predicted molar refractivity (Wildman–Crippen MR) is 171 cm³/mol. The smallest absolute Gasteiger partial charge is 0.341 e. The van der Waals surface area contributed by atoms with E-state index in [4.69, 9.17) is 19.4 Å². The van der Waals surface area contributed by atoms with Gasteiger partial charge in [-0.15, -0.1) is 11.3 Å². The molecular weight excluding hydrogens is 574 g/mol. The number of fused-ring (bicyclic) bond motifs is 2. The summed E-state index contributed by atoms with van der Waals surface area (Å²) in [5.41, 5.74) is 6.03. The summed E-state index contributed by atoms with van der Waals surface area (Å²) >= 11 is 1.39. The molecule has 1 aliphatic rings. The molecule has 0 spiro atoms. The van der Waals surface area contributed by atoms with E-state index in [-0.39, 0.29) is 12.2 Å². The summed E-state index contributed by atoms with van der Waals surface area (Å²) in [6.07, 6.45) is 2.58. The Kier molecular flexibility index (Phi) is 8.47. The number of nitrogens with one attached hydrogen (secondary N) is 1. The summed E-state index contributed by atoms with van der Waals surface area (Å²) in [4.78, 5) is 49.6. The van der Waals surface area contributed by atoms with Gasteiger partial charge in [0, 0.05) is 16.0 Å². The first-order valence-electron chi connectivity index (χ1n) is 14.6. The van der Waals surface area contributed by atoms with Crippen LogP contribution in [0.15, 0.2) is 78.9 Å². The molecule has 3 aromatic carbocycles. The van der Waals surface area contributed by atoms with Gasteiger partial charge in [0.05, 0.1) is 40.2 Å². The van der Waals surface area contributed by atoms with Crippen LogP contribution in [0.2, 0.25) is 0 Å². The predicted octanol–water partition coefficient (Wildman–Crippen LogP) is 7.12. The molecule has 1 amide bonds. The lowest BCUT2D eigenvalue weighted by atomic mass is 9.88. The molecular formula is C35H31N3O5S. The Morgan fingerprint density at radius 2 is 1.52 bits per heavy atom. The number of aromatic nitrogens is 2. The van der Waals surface area contributed by atoms with Crippen LogP contribution in [0.1, 0.15) is 51.4 Å². The number of nitrogens with zero attached hydrogens (tertiary/aromatic N) is 2. The van der Waals surface area contributed by atoms with Crippen molar-refractivity contribution in [3.63, 3.8) is 0 Å². The molecule has 2 heterocycles. The van der Waals surface area contributed by atoms with Gasteiger partial charge in [0.1, 0.15) is 5.00 Å². The molecule has 6 rings (SSSR count). The number of hydrogen-bond donors (Lipinski definition) is 1. The Balaban J connectivity index is 1.21. The Morgan fingerprint density at radius 3 is 2.18 bits per heavy atom. The number of hydrogen-bond acceptors (Lipinski definition) is 8. The highest BCUT2D eigenvalue weighted by atomic mass is 32.1. The molecule has 5 aromatic rings. The molecule has 0 fully saturated rings. The summed E-state index contributed by atoms with van der Waals surface area (Å²) in [5.74, 6) is -1.15. The molecule has 0 radical (unpaired) electrons. The van der Waals surface area contributed by atoms with E-state index < -0.39 is 24.5 Å². The van der Waals surface area contributed by atoms with Crippen molar-refractivity contribution in [2.45, 2.75) is 33.1 Å². The van der Waals surface area contributed by atoms with Crippen LogP contribution in [0.3, 0.4) is 0 Å². The number of benzene rings is 3. The zero-order chi connectivity index (χ0) is 30.6. The molecule has 0 saturated carbocycles. The summed E-state index contributed by atoms with van der Waals surface area (Å²) in [6, 6.07) is 24.6. The average molecular weight is 606 g/mol. The zero-order valence-electron chi connectivity index (χ0n) is 24.5. The van der Waals surface area contributed by atoms with Gasteiger partial charge in [-0.1, -0.05) is 67.6 Å². The van der Waals surface area contributed by atoms with Crippen molar-refractivity contribution in [2.75, 3.05) is 18.5 Å². The molecule has 0 saturated heterocycles. The van der Waals surface area contributed by atoms with E-state index in [0.29, 0.717) is 33.2 Å². The number of esters is 2. The Bertz CT molecular complexity index is 1850. The van der Waals surface area contributed by atoms with E-state index in [1.807, 2.05) is 60.7 Å². The minimum absolute atomic E-state index is 0.238. The molecule has 0 bridgehead atoms. The number of rotatable bonds is 8. The summed E-state index contributed by atoms with van der Waals surface area (Å²) < 4.78 is 10.7. The summed E-state index contributed by atoms with van der Waals surface area (Å²) in [6.45, 7) is 3.65. The van der Waals surface area contributed by atoms with Crippen molar-refractivity contribution in [3.05, 3.63) is 100 Å². The third kappa shape index (κ3) is 6.09. The fourth-order valence-corrected chi connectivity index (χ4v) is 6.83. The highest BCUT2D eigenvalue weighted by molar-refractivity contribution is 7.17. The van der Waals surface area contributed by atoms with Crippen molar-refractivity contribution in [3.8, 4) is 22.5 Å². The van der Waals surface area contributed by atoms with E-state index >= 15 is 0 Å². The maximum atomic E-state index is 13.0. The standard InChI is InChI=1S/C35H31N3O5S/c1-3-42-35(41)30-25-16-14-21(2)18-28(25)44-33(30)38-29(39)20-43-34(40)24-15-17-26-27(19-24)37-32(23-12-8-5-9-13-23)31(36-26)22-10-6-4-7-11-22/h4-13,15,17,19,21H,3,14,16,18,20H2,1-2H3,(H,38,39). The SMILES string of the molecule is CCOC(=O)c1c(NC(=O)COC(=O)c2ccc3nc(-c4ccccc4)c(-c4ccccc4)nc3c2)sc2c1CCC(C)C2. The topological polar surface area (TPSA) is 107 Å². The quantitative estimate of drug-likeness (QED) is 0.188. The van der Waals surface area contributed by atoms with E-state index in [1.54, 1.807) is 25.1 Å². The van der Waals surface area contributed by atoms with Gasteiger partial charge in [-0.05, 0) is 55.9 Å². The molecule has 1 aliphatic carbocycles. The lowest BCUT2D eigenvalue weighted by Crippen LogP contribution is -2.22. The molecule has 1 N–H and O–H groups in total. The third-order valence-electron chi connectivity index (χ3n) is 7.57. The maximum Gasteiger partial charge on any atom is 0.341 e. The van der Waals surface area contributed by atoms with Crippen LogP contribution >= 0.6 is 11.3 Å². The first kappa shape index (κ1) is 29.2. The molecule has 9 heteroatoms. The normalized spacial score (nSPS) is 14.1. The zero-order valence-corrected chi connectivity index (χ0v) is 25.3. The van der Waals surface area contributed by atoms with Crippen LogP contribution in [-0.4, -0.2) is 41.0 Å². The van der Waals surface area contributed by atoms with Crippen LogP contribution in [0.25, 0.3) is 33.5 Å². The molecule has 8 nitrogen and oxygen atoms in total. The molecule has 222 valence electrons. The van der Waals surface area contributed by atoms with Gasteiger partial charge < -0.3 is 14.8 Å². The minimum atomic E-state index is -0.665. The largest absolute Gasteiger partial charge is 0.462 e. The van der Waals surface area contributed by atoms with Gasteiger partial charge in [0.15, 0.2) is 6.61 Å². The monoisotopic (exact) mass is 605 g/mol. The van der Waals surface area contributed by atoms with Crippen molar-refractivity contribution >= 4 is 45.2 Å².